The Hall–Kier alpha value is -1.43. The predicted octanol–water partition coefficient (Wildman–Crippen LogP) is 1.92. The molecule has 0 aliphatic carbocycles. The van der Waals surface area contributed by atoms with Crippen LogP contribution in [0.15, 0.2) is 6.20 Å². The molecule has 1 atom stereocenters. The molecule has 0 radical (unpaired) electrons. The fourth-order valence-corrected chi connectivity index (χ4v) is 1.96. The van der Waals surface area contributed by atoms with Crippen LogP contribution in [-0.2, 0) is 4.74 Å². The summed E-state index contributed by atoms with van der Waals surface area (Å²) in [7, 11) is 0. The third-order valence-corrected chi connectivity index (χ3v) is 3.10. The Morgan fingerprint density at radius 3 is 3.05 bits per heavy atom. The van der Waals surface area contributed by atoms with E-state index in [2.05, 4.69) is 39.7 Å². The molecule has 1 aromatic rings. The lowest BCUT2D eigenvalue weighted by atomic mass is 10.1. The van der Waals surface area contributed by atoms with Crippen molar-refractivity contribution >= 4 is 11.8 Å². The van der Waals surface area contributed by atoms with Crippen molar-refractivity contribution in [1.82, 2.24) is 15.2 Å². The van der Waals surface area contributed by atoms with E-state index in [9.17, 15) is 0 Å². The van der Waals surface area contributed by atoms with Crippen molar-refractivity contribution < 1.29 is 4.74 Å². The molecule has 6 heteroatoms. The minimum atomic E-state index is 0.298. The molecular weight excluding hydrogens is 242 g/mol. The number of anilines is 2. The van der Waals surface area contributed by atoms with Gasteiger partial charge in [0.15, 0.2) is 5.82 Å². The van der Waals surface area contributed by atoms with Crippen LogP contribution in [0.3, 0.4) is 0 Å². The first kappa shape index (κ1) is 14.0. The first-order valence-electron chi connectivity index (χ1n) is 7.03. The predicted molar refractivity (Wildman–Crippen MR) is 75.2 cm³/mol. The van der Waals surface area contributed by atoms with Crippen LogP contribution in [0.1, 0.15) is 33.1 Å². The van der Waals surface area contributed by atoms with Crippen molar-refractivity contribution in [1.29, 1.82) is 0 Å². The van der Waals surface area contributed by atoms with Crippen molar-refractivity contribution in [2.45, 2.75) is 39.2 Å². The largest absolute Gasteiger partial charge is 0.376 e. The van der Waals surface area contributed by atoms with Crippen LogP contribution >= 0.6 is 0 Å². The van der Waals surface area contributed by atoms with Gasteiger partial charge in [-0.1, -0.05) is 13.8 Å². The molecule has 1 aromatic heterocycles. The van der Waals surface area contributed by atoms with E-state index in [0.717, 1.165) is 44.8 Å². The summed E-state index contributed by atoms with van der Waals surface area (Å²) in [4.78, 5) is 4.38. The number of ether oxygens (including phenoxy) is 1. The summed E-state index contributed by atoms with van der Waals surface area (Å²) in [5.74, 6) is 2.00. The normalized spacial score (nSPS) is 18.8. The molecule has 2 N–H and O–H groups in total. The molecule has 19 heavy (non-hydrogen) atoms. The fourth-order valence-electron chi connectivity index (χ4n) is 1.96. The van der Waals surface area contributed by atoms with Crippen LogP contribution in [0.5, 0.6) is 0 Å². The van der Waals surface area contributed by atoms with Crippen molar-refractivity contribution in [3.8, 4) is 0 Å². The van der Waals surface area contributed by atoms with Crippen LogP contribution in [0.4, 0.5) is 11.8 Å². The average Bonchev–Trinajstić information content (AvgIpc) is 2.89. The molecule has 1 fully saturated rings. The number of hydrogen-bond donors (Lipinski definition) is 2. The lowest BCUT2D eigenvalue weighted by molar-refractivity contribution is 0.120. The molecule has 1 aliphatic rings. The lowest BCUT2D eigenvalue weighted by Gasteiger charge is -2.11. The summed E-state index contributed by atoms with van der Waals surface area (Å²) < 4.78 is 5.55. The second kappa shape index (κ2) is 7.23. The van der Waals surface area contributed by atoms with E-state index in [0.29, 0.717) is 18.0 Å². The first-order chi connectivity index (χ1) is 9.24. The molecule has 6 nitrogen and oxygen atoms in total. The van der Waals surface area contributed by atoms with Gasteiger partial charge in [0.25, 0.3) is 0 Å². The van der Waals surface area contributed by atoms with Gasteiger partial charge < -0.3 is 15.4 Å². The van der Waals surface area contributed by atoms with E-state index in [-0.39, 0.29) is 0 Å². The zero-order valence-electron chi connectivity index (χ0n) is 11.7. The lowest BCUT2D eigenvalue weighted by Crippen LogP contribution is -2.19. The maximum Gasteiger partial charge on any atom is 0.244 e. The highest BCUT2D eigenvalue weighted by atomic mass is 16.5. The van der Waals surface area contributed by atoms with Crippen molar-refractivity contribution in [3.05, 3.63) is 6.20 Å². The first-order valence-corrected chi connectivity index (χ1v) is 7.03. The summed E-state index contributed by atoms with van der Waals surface area (Å²) in [6.07, 6.45) is 5.30. The number of nitrogens with zero attached hydrogens (tertiary/aromatic N) is 3. The van der Waals surface area contributed by atoms with Gasteiger partial charge in [-0.05, 0) is 25.2 Å². The molecule has 0 aromatic carbocycles. The van der Waals surface area contributed by atoms with Gasteiger partial charge in [-0.2, -0.15) is 10.1 Å². The van der Waals surface area contributed by atoms with Gasteiger partial charge in [0.2, 0.25) is 5.95 Å². The van der Waals surface area contributed by atoms with Gasteiger partial charge in [-0.3, -0.25) is 0 Å². The smallest absolute Gasteiger partial charge is 0.244 e. The Morgan fingerprint density at radius 1 is 1.42 bits per heavy atom. The molecule has 0 amide bonds. The molecule has 1 saturated heterocycles. The third kappa shape index (κ3) is 4.98. The second-order valence-corrected chi connectivity index (χ2v) is 5.29. The fraction of sp³-hybridized carbons (Fsp3) is 0.769. The minimum Gasteiger partial charge on any atom is -0.376 e. The van der Waals surface area contributed by atoms with E-state index in [1.807, 2.05) is 0 Å². The van der Waals surface area contributed by atoms with Gasteiger partial charge in [0.1, 0.15) is 0 Å². The van der Waals surface area contributed by atoms with Crippen LogP contribution in [0, 0.1) is 5.92 Å². The summed E-state index contributed by atoms with van der Waals surface area (Å²) in [5, 5.41) is 14.4. The van der Waals surface area contributed by atoms with Crippen LogP contribution < -0.4 is 10.6 Å². The Kier molecular flexibility index (Phi) is 5.32. The second-order valence-electron chi connectivity index (χ2n) is 5.29. The number of nitrogens with one attached hydrogen (secondary N) is 2. The topological polar surface area (TPSA) is 72.0 Å². The highest BCUT2D eigenvalue weighted by Gasteiger charge is 2.15. The van der Waals surface area contributed by atoms with Gasteiger partial charge in [-0.25, -0.2) is 0 Å². The zero-order valence-corrected chi connectivity index (χ0v) is 11.7. The Labute approximate surface area is 114 Å². The van der Waals surface area contributed by atoms with Crippen molar-refractivity contribution in [2.24, 2.45) is 5.92 Å². The zero-order chi connectivity index (χ0) is 13.5. The minimum absolute atomic E-state index is 0.298. The summed E-state index contributed by atoms with van der Waals surface area (Å²) in [5.41, 5.74) is 0. The van der Waals surface area contributed by atoms with E-state index >= 15 is 0 Å². The van der Waals surface area contributed by atoms with Gasteiger partial charge in [-0.15, -0.1) is 5.10 Å². The maximum atomic E-state index is 5.55. The van der Waals surface area contributed by atoms with Gasteiger partial charge >= 0.3 is 0 Å². The Bertz CT molecular complexity index is 379. The standard InChI is InChI=1S/C13H23N5O/c1-10(2)5-6-14-13-17-12(9-16-18-13)15-8-11-4-3-7-19-11/h9-11H,3-8H2,1-2H3,(H2,14,15,17,18). The molecule has 2 rings (SSSR count). The monoisotopic (exact) mass is 265 g/mol. The summed E-state index contributed by atoms with van der Waals surface area (Å²) in [6, 6.07) is 0. The van der Waals surface area contributed by atoms with Crippen LogP contribution in [-0.4, -0.2) is 41.0 Å². The highest BCUT2D eigenvalue weighted by Crippen LogP contribution is 2.13. The molecule has 2 heterocycles. The molecule has 0 bridgehead atoms. The Morgan fingerprint density at radius 2 is 2.32 bits per heavy atom. The van der Waals surface area contributed by atoms with E-state index < -0.39 is 0 Å². The summed E-state index contributed by atoms with van der Waals surface area (Å²) >= 11 is 0. The highest BCUT2D eigenvalue weighted by molar-refractivity contribution is 5.36. The number of aromatic nitrogens is 3. The number of rotatable bonds is 7. The van der Waals surface area contributed by atoms with Crippen LogP contribution in [0.2, 0.25) is 0 Å². The van der Waals surface area contributed by atoms with Gasteiger partial charge in [0.05, 0.1) is 12.3 Å². The number of hydrogen-bond acceptors (Lipinski definition) is 6. The quantitative estimate of drug-likeness (QED) is 0.785. The molecular formula is C13H23N5O. The molecule has 1 unspecified atom stereocenters. The van der Waals surface area contributed by atoms with E-state index in [1.54, 1.807) is 6.20 Å². The third-order valence-electron chi connectivity index (χ3n) is 3.10. The van der Waals surface area contributed by atoms with Crippen molar-refractivity contribution in [2.75, 3.05) is 30.3 Å². The molecule has 106 valence electrons. The molecule has 1 aliphatic heterocycles. The van der Waals surface area contributed by atoms with Gasteiger partial charge in [0, 0.05) is 19.7 Å². The van der Waals surface area contributed by atoms with E-state index in [1.165, 1.54) is 0 Å². The Balaban J connectivity index is 1.77. The molecule has 0 saturated carbocycles. The average molecular weight is 265 g/mol. The van der Waals surface area contributed by atoms with Crippen molar-refractivity contribution in [3.63, 3.8) is 0 Å². The van der Waals surface area contributed by atoms with Crippen LogP contribution in [0.25, 0.3) is 0 Å². The van der Waals surface area contributed by atoms with E-state index in [4.69, 9.17) is 4.74 Å². The maximum absolute atomic E-state index is 5.55. The summed E-state index contributed by atoms with van der Waals surface area (Å²) in [6.45, 7) is 6.91. The molecule has 0 spiro atoms. The SMILES string of the molecule is CC(C)CCNc1nncc(NCC2CCCO2)n1.